The van der Waals surface area contributed by atoms with E-state index in [-0.39, 0.29) is 0 Å². The summed E-state index contributed by atoms with van der Waals surface area (Å²) in [5.74, 6) is 7.98. The van der Waals surface area contributed by atoms with Crippen LogP contribution in [0, 0.1) is 11.8 Å². The highest BCUT2D eigenvalue weighted by molar-refractivity contribution is 7.98. The van der Waals surface area contributed by atoms with Gasteiger partial charge >= 0.3 is 0 Å². The van der Waals surface area contributed by atoms with E-state index in [9.17, 15) is 0 Å². The molecule has 0 saturated carbocycles. The minimum atomic E-state index is 0.381. The third-order valence-electron chi connectivity index (χ3n) is 3.20. The van der Waals surface area contributed by atoms with Gasteiger partial charge < -0.3 is 10.5 Å². The van der Waals surface area contributed by atoms with Crippen molar-refractivity contribution in [1.29, 1.82) is 0 Å². The molecule has 110 valence electrons. The lowest BCUT2D eigenvalue weighted by Gasteiger charge is -2.25. The van der Waals surface area contributed by atoms with E-state index in [0.717, 1.165) is 29.2 Å². The summed E-state index contributed by atoms with van der Waals surface area (Å²) in [5.41, 5.74) is 7.56. The van der Waals surface area contributed by atoms with E-state index in [1.165, 1.54) is 0 Å². The van der Waals surface area contributed by atoms with Gasteiger partial charge in [-0.25, -0.2) is 0 Å². The van der Waals surface area contributed by atoms with Gasteiger partial charge in [-0.15, -0.1) is 0 Å². The first-order valence-electron chi connectivity index (χ1n) is 6.67. The highest BCUT2D eigenvalue weighted by atomic mass is 32.2. The average Bonchev–Trinajstić information content (AvgIpc) is 2.45. The van der Waals surface area contributed by atoms with Gasteiger partial charge in [0.15, 0.2) is 0 Å². The largest absolute Gasteiger partial charge is 0.496 e. The zero-order valence-corrected chi connectivity index (χ0v) is 13.6. The molecule has 0 radical (unpaired) electrons. The van der Waals surface area contributed by atoms with E-state index in [2.05, 4.69) is 43.0 Å². The molecular formula is C16H24N2OS. The van der Waals surface area contributed by atoms with E-state index in [0.29, 0.717) is 12.6 Å². The lowest BCUT2D eigenvalue weighted by molar-refractivity contribution is 0.265. The van der Waals surface area contributed by atoms with Gasteiger partial charge in [0.2, 0.25) is 0 Å². The van der Waals surface area contributed by atoms with Crippen molar-refractivity contribution in [3.8, 4) is 17.6 Å². The van der Waals surface area contributed by atoms with E-state index in [4.69, 9.17) is 10.5 Å². The Bertz CT molecular complexity index is 479. The van der Waals surface area contributed by atoms with Crippen molar-refractivity contribution in [2.45, 2.75) is 19.5 Å². The number of hydrogen-bond acceptors (Lipinski definition) is 4. The molecule has 0 aliphatic carbocycles. The summed E-state index contributed by atoms with van der Waals surface area (Å²) in [6.45, 7) is 3.47. The third-order valence-corrected chi connectivity index (χ3v) is 4.01. The molecule has 0 saturated heterocycles. The zero-order chi connectivity index (χ0) is 15.0. The van der Waals surface area contributed by atoms with Crippen molar-refractivity contribution in [2.75, 3.05) is 32.7 Å². The molecular weight excluding hydrogens is 268 g/mol. The van der Waals surface area contributed by atoms with Crippen LogP contribution in [0.5, 0.6) is 5.75 Å². The maximum absolute atomic E-state index is 5.44. The Morgan fingerprint density at radius 1 is 1.45 bits per heavy atom. The van der Waals surface area contributed by atoms with Crippen LogP contribution in [0.4, 0.5) is 0 Å². The van der Waals surface area contributed by atoms with Crippen LogP contribution in [-0.4, -0.2) is 43.7 Å². The average molecular weight is 292 g/mol. The van der Waals surface area contributed by atoms with Crippen molar-refractivity contribution >= 4 is 11.8 Å². The third kappa shape index (κ3) is 5.09. The van der Waals surface area contributed by atoms with E-state index < -0.39 is 0 Å². The van der Waals surface area contributed by atoms with Gasteiger partial charge in [0.25, 0.3) is 0 Å². The van der Waals surface area contributed by atoms with Crippen molar-refractivity contribution in [2.24, 2.45) is 5.73 Å². The fraction of sp³-hybridized carbons (Fsp3) is 0.500. The normalized spacial score (nSPS) is 11.9. The quantitative estimate of drug-likeness (QED) is 0.816. The van der Waals surface area contributed by atoms with Gasteiger partial charge in [0, 0.05) is 29.5 Å². The first-order valence-corrected chi connectivity index (χ1v) is 8.06. The first-order chi connectivity index (χ1) is 9.62. The molecule has 0 spiro atoms. The van der Waals surface area contributed by atoms with E-state index in [1.54, 1.807) is 7.11 Å². The molecule has 0 aliphatic heterocycles. The van der Waals surface area contributed by atoms with Crippen LogP contribution in [0.15, 0.2) is 18.2 Å². The maximum atomic E-state index is 5.44. The first kappa shape index (κ1) is 16.9. The summed E-state index contributed by atoms with van der Waals surface area (Å²) in [6.07, 6.45) is 2.13. The maximum Gasteiger partial charge on any atom is 0.123 e. The summed E-state index contributed by atoms with van der Waals surface area (Å²) in [5, 5.41) is 0. The van der Waals surface area contributed by atoms with Gasteiger partial charge in [0.1, 0.15) is 5.75 Å². The monoisotopic (exact) mass is 292 g/mol. The number of nitrogens with two attached hydrogens (primary N) is 1. The smallest absolute Gasteiger partial charge is 0.123 e. The molecule has 0 fully saturated rings. The van der Waals surface area contributed by atoms with Crippen LogP contribution >= 0.6 is 11.8 Å². The van der Waals surface area contributed by atoms with Gasteiger partial charge in [-0.05, 0) is 38.4 Å². The number of nitrogens with zero attached hydrogens (tertiary/aromatic N) is 1. The predicted molar refractivity (Wildman–Crippen MR) is 88.2 cm³/mol. The van der Waals surface area contributed by atoms with E-state index in [1.807, 2.05) is 23.9 Å². The van der Waals surface area contributed by atoms with Crippen LogP contribution < -0.4 is 10.5 Å². The Morgan fingerprint density at radius 2 is 2.20 bits per heavy atom. The lowest BCUT2D eigenvalue weighted by atomic mass is 10.1. The molecule has 20 heavy (non-hydrogen) atoms. The molecule has 0 heterocycles. The number of hydrogen-bond donors (Lipinski definition) is 1. The van der Waals surface area contributed by atoms with Crippen LogP contribution in [0.25, 0.3) is 0 Å². The molecule has 1 unspecified atom stereocenters. The molecule has 0 bridgehead atoms. The Morgan fingerprint density at radius 3 is 2.80 bits per heavy atom. The molecule has 1 atom stereocenters. The molecule has 3 nitrogen and oxygen atoms in total. The molecule has 0 aliphatic rings. The summed E-state index contributed by atoms with van der Waals surface area (Å²) in [4.78, 5) is 2.33. The SMILES string of the molecule is COc1ccc(C#CCN)cc1CN(C)C(C)CSC. The Kier molecular flexibility index (Phi) is 7.53. The fourth-order valence-electron chi connectivity index (χ4n) is 1.93. The highest BCUT2D eigenvalue weighted by Gasteiger charge is 2.12. The second kappa shape index (κ2) is 8.91. The molecule has 1 aromatic carbocycles. The molecule has 1 rings (SSSR count). The molecule has 1 aromatic rings. The number of ether oxygens (including phenoxy) is 1. The lowest BCUT2D eigenvalue weighted by Crippen LogP contribution is -2.30. The number of thioether (sulfide) groups is 1. The van der Waals surface area contributed by atoms with Gasteiger partial charge in [-0.3, -0.25) is 4.90 Å². The Labute approximate surface area is 126 Å². The van der Waals surface area contributed by atoms with Crippen molar-refractivity contribution in [3.63, 3.8) is 0 Å². The van der Waals surface area contributed by atoms with Crippen LogP contribution in [0.2, 0.25) is 0 Å². The Hall–Kier alpha value is -1.15. The fourth-order valence-corrected chi connectivity index (χ4v) is 2.66. The number of rotatable bonds is 6. The standard InChI is InChI=1S/C16H24N2OS/c1-13(12-20-4)18(2)11-15-10-14(6-5-9-17)7-8-16(15)19-3/h7-8,10,13H,9,11-12,17H2,1-4H3. The Balaban J connectivity index is 2.90. The molecule has 0 aromatic heterocycles. The topological polar surface area (TPSA) is 38.5 Å². The van der Waals surface area contributed by atoms with Crippen LogP contribution in [0.3, 0.4) is 0 Å². The minimum Gasteiger partial charge on any atom is -0.496 e. The van der Waals surface area contributed by atoms with E-state index >= 15 is 0 Å². The molecule has 2 N–H and O–H groups in total. The number of benzene rings is 1. The molecule has 4 heteroatoms. The second-order valence-corrected chi connectivity index (χ2v) is 5.66. The summed E-state index contributed by atoms with van der Waals surface area (Å²) in [7, 11) is 3.84. The van der Waals surface area contributed by atoms with Crippen LogP contribution in [-0.2, 0) is 6.54 Å². The minimum absolute atomic E-state index is 0.381. The van der Waals surface area contributed by atoms with Gasteiger partial charge in [-0.2, -0.15) is 11.8 Å². The van der Waals surface area contributed by atoms with Crippen molar-refractivity contribution in [1.82, 2.24) is 4.90 Å². The summed E-state index contributed by atoms with van der Waals surface area (Å²) in [6, 6.07) is 6.55. The molecule has 0 amide bonds. The predicted octanol–water partition coefficient (Wildman–Crippen LogP) is 2.19. The second-order valence-electron chi connectivity index (χ2n) is 4.75. The van der Waals surface area contributed by atoms with Crippen LogP contribution in [0.1, 0.15) is 18.1 Å². The number of methoxy groups -OCH3 is 1. The van der Waals surface area contributed by atoms with Gasteiger partial charge in [-0.1, -0.05) is 11.8 Å². The zero-order valence-electron chi connectivity index (χ0n) is 12.8. The van der Waals surface area contributed by atoms with Crippen molar-refractivity contribution < 1.29 is 4.74 Å². The highest BCUT2D eigenvalue weighted by Crippen LogP contribution is 2.22. The summed E-state index contributed by atoms with van der Waals surface area (Å²) >= 11 is 1.86. The summed E-state index contributed by atoms with van der Waals surface area (Å²) < 4.78 is 5.44. The van der Waals surface area contributed by atoms with Crippen molar-refractivity contribution in [3.05, 3.63) is 29.3 Å². The van der Waals surface area contributed by atoms with Gasteiger partial charge in [0.05, 0.1) is 13.7 Å².